The van der Waals surface area contributed by atoms with Crippen molar-refractivity contribution in [2.24, 2.45) is 11.8 Å². The van der Waals surface area contributed by atoms with Crippen molar-refractivity contribution in [3.05, 3.63) is 30.3 Å². The molecule has 8 nitrogen and oxygen atoms in total. The van der Waals surface area contributed by atoms with Crippen LogP contribution in [0.15, 0.2) is 35.2 Å². The number of hydrogen-bond acceptors (Lipinski definition) is 6. The Morgan fingerprint density at radius 3 is 2.37 bits per heavy atom. The lowest BCUT2D eigenvalue weighted by atomic mass is 9.92. The van der Waals surface area contributed by atoms with Crippen LogP contribution in [0.2, 0.25) is 0 Å². The average molecular weight is 432 g/mol. The van der Waals surface area contributed by atoms with Gasteiger partial charge in [-0.2, -0.15) is 5.26 Å². The highest BCUT2D eigenvalue weighted by Crippen LogP contribution is 2.42. The van der Waals surface area contributed by atoms with Crippen LogP contribution in [0.1, 0.15) is 25.7 Å². The second-order valence-electron chi connectivity index (χ2n) is 8.45. The molecule has 30 heavy (non-hydrogen) atoms. The topological polar surface area (TPSA) is 117 Å². The van der Waals surface area contributed by atoms with E-state index in [1.807, 2.05) is 0 Å². The van der Waals surface area contributed by atoms with E-state index in [2.05, 4.69) is 11.4 Å². The Hall–Kier alpha value is -2.44. The van der Waals surface area contributed by atoms with Gasteiger partial charge in [0.1, 0.15) is 5.54 Å². The Labute approximate surface area is 176 Å². The number of hydrogen-bond donors (Lipinski definition) is 1. The van der Waals surface area contributed by atoms with Crippen LogP contribution in [0.5, 0.6) is 0 Å². The van der Waals surface area contributed by atoms with Crippen LogP contribution in [0.4, 0.5) is 0 Å². The van der Waals surface area contributed by atoms with Gasteiger partial charge in [0, 0.05) is 20.2 Å². The number of nitrogens with zero attached hydrogens (tertiary/aromatic N) is 2. The van der Waals surface area contributed by atoms with Crippen molar-refractivity contribution in [1.29, 1.82) is 5.26 Å². The predicted molar refractivity (Wildman–Crippen MR) is 107 cm³/mol. The number of rotatable bonds is 6. The van der Waals surface area contributed by atoms with Crippen LogP contribution in [-0.2, 0) is 24.2 Å². The summed E-state index contributed by atoms with van der Waals surface area (Å²) in [7, 11) is -2.09. The van der Waals surface area contributed by atoms with E-state index in [0.29, 0.717) is 25.9 Å². The first-order valence-electron chi connectivity index (χ1n) is 10.1. The predicted octanol–water partition coefficient (Wildman–Crippen LogP) is 0.885. The fourth-order valence-corrected chi connectivity index (χ4v) is 6.17. The summed E-state index contributed by atoms with van der Waals surface area (Å²) in [6, 6.07) is 10.2. The van der Waals surface area contributed by atoms with Crippen molar-refractivity contribution >= 4 is 21.7 Å². The zero-order chi connectivity index (χ0) is 21.5. The van der Waals surface area contributed by atoms with Gasteiger partial charge < -0.3 is 15.0 Å². The van der Waals surface area contributed by atoms with Crippen molar-refractivity contribution in [2.75, 3.05) is 20.2 Å². The Morgan fingerprint density at radius 1 is 1.17 bits per heavy atom. The number of nitriles is 1. The van der Waals surface area contributed by atoms with E-state index in [-0.39, 0.29) is 29.7 Å². The van der Waals surface area contributed by atoms with Crippen LogP contribution in [0.25, 0.3) is 0 Å². The van der Waals surface area contributed by atoms with Gasteiger partial charge in [-0.25, -0.2) is 8.42 Å². The van der Waals surface area contributed by atoms with Gasteiger partial charge in [-0.15, -0.1) is 0 Å². The second kappa shape index (κ2) is 7.67. The normalized spacial score (nSPS) is 27.7. The smallest absolute Gasteiger partial charge is 0.226 e. The van der Waals surface area contributed by atoms with Crippen LogP contribution in [0.3, 0.4) is 0 Å². The molecule has 3 aliphatic rings. The van der Waals surface area contributed by atoms with Gasteiger partial charge in [-0.05, 0) is 37.8 Å². The standard InChI is InChI=1S/C21H25N3O5S/c1-29-14-11-24(12-14)20(26)18-10-16(30(27,28)15-5-3-2-4-6-15)9-17(18)19(25)23-21(13-22)7-8-21/h2-6,14,16-18H,7-12H2,1H3,(H,23,25)/t16-,17-,18-/m1/s1. The molecule has 2 amide bonds. The molecule has 0 radical (unpaired) electrons. The molecule has 1 N–H and O–H groups in total. The molecular weight excluding hydrogens is 406 g/mol. The first-order chi connectivity index (χ1) is 14.3. The highest BCUT2D eigenvalue weighted by molar-refractivity contribution is 7.92. The van der Waals surface area contributed by atoms with E-state index in [1.54, 1.807) is 30.2 Å². The average Bonchev–Trinajstić information content (AvgIpc) is 3.33. The lowest BCUT2D eigenvalue weighted by Crippen LogP contribution is -2.57. The number of methoxy groups -OCH3 is 1. The number of likely N-dealkylation sites (tertiary alicyclic amines) is 1. The number of amides is 2. The van der Waals surface area contributed by atoms with Crippen molar-refractivity contribution in [1.82, 2.24) is 10.2 Å². The highest BCUT2D eigenvalue weighted by atomic mass is 32.2. The van der Waals surface area contributed by atoms with E-state index < -0.39 is 38.4 Å². The van der Waals surface area contributed by atoms with Gasteiger partial charge in [-0.3, -0.25) is 9.59 Å². The molecule has 1 heterocycles. The Bertz CT molecular complexity index is 978. The molecule has 4 rings (SSSR count). The molecule has 1 aromatic carbocycles. The summed E-state index contributed by atoms with van der Waals surface area (Å²) < 4.78 is 31.5. The quantitative estimate of drug-likeness (QED) is 0.715. The van der Waals surface area contributed by atoms with E-state index in [4.69, 9.17) is 4.74 Å². The lowest BCUT2D eigenvalue weighted by Gasteiger charge is -2.40. The lowest BCUT2D eigenvalue weighted by molar-refractivity contribution is -0.150. The zero-order valence-corrected chi connectivity index (χ0v) is 17.6. The van der Waals surface area contributed by atoms with Gasteiger partial charge >= 0.3 is 0 Å². The number of nitrogens with one attached hydrogen (secondary N) is 1. The first kappa shape index (κ1) is 20.8. The Balaban J connectivity index is 1.56. The fourth-order valence-electron chi connectivity index (χ4n) is 4.33. The molecule has 2 saturated carbocycles. The SMILES string of the molecule is COC1CN(C(=O)[C@@H]2C[C@H](S(=O)(=O)c3ccccc3)C[C@H]2C(=O)NC2(C#N)CC2)C1. The van der Waals surface area contributed by atoms with E-state index in [1.165, 1.54) is 12.1 Å². The van der Waals surface area contributed by atoms with Crippen LogP contribution in [0, 0.1) is 23.2 Å². The largest absolute Gasteiger partial charge is 0.378 e. The molecule has 0 unspecified atom stereocenters. The van der Waals surface area contributed by atoms with Gasteiger partial charge in [0.2, 0.25) is 11.8 Å². The maximum absolute atomic E-state index is 13.1. The van der Waals surface area contributed by atoms with Crippen LogP contribution >= 0.6 is 0 Å². The maximum atomic E-state index is 13.1. The highest BCUT2D eigenvalue weighted by Gasteiger charge is 2.52. The second-order valence-corrected chi connectivity index (χ2v) is 10.7. The molecule has 0 aromatic heterocycles. The molecule has 2 aliphatic carbocycles. The van der Waals surface area contributed by atoms with E-state index in [9.17, 15) is 23.3 Å². The van der Waals surface area contributed by atoms with E-state index in [0.717, 1.165) is 0 Å². The number of benzene rings is 1. The summed E-state index contributed by atoms with van der Waals surface area (Å²) in [4.78, 5) is 27.9. The monoisotopic (exact) mass is 431 g/mol. The summed E-state index contributed by atoms with van der Waals surface area (Å²) in [5, 5.41) is 11.2. The summed E-state index contributed by atoms with van der Waals surface area (Å²) in [6.07, 6.45) is 1.30. The Morgan fingerprint density at radius 2 is 1.80 bits per heavy atom. The molecule has 0 spiro atoms. The summed E-state index contributed by atoms with van der Waals surface area (Å²) in [6.45, 7) is 0.886. The maximum Gasteiger partial charge on any atom is 0.226 e. The number of ether oxygens (including phenoxy) is 1. The van der Waals surface area contributed by atoms with Crippen molar-refractivity contribution in [2.45, 2.75) is 47.5 Å². The van der Waals surface area contributed by atoms with Gasteiger partial charge in [0.15, 0.2) is 9.84 Å². The van der Waals surface area contributed by atoms with Gasteiger partial charge in [-0.1, -0.05) is 18.2 Å². The van der Waals surface area contributed by atoms with Crippen LogP contribution < -0.4 is 5.32 Å². The molecule has 160 valence electrons. The molecule has 9 heteroatoms. The van der Waals surface area contributed by atoms with Gasteiger partial charge in [0.25, 0.3) is 0 Å². The van der Waals surface area contributed by atoms with E-state index >= 15 is 0 Å². The fraction of sp³-hybridized carbons (Fsp3) is 0.571. The third-order valence-corrected chi connectivity index (χ3v) is 8.70. The third kappa shape index (κ3) is 3.70. The number of carbonyl (C=O) groups excluding carboxylic acids is 2. The molecule has 3 atom stereocenters. The van der Waals surface area contributed by atoms with Gasteiger partial charge in [0.05, 0.1) is 34.2 Å². The van der Waals surface area contributed by atoms with Crippen molar-refractivity contribution < 1.29 is 22.7 Å². The van der Waals surface area contributed by atoms with Crippen LogP contribution in [-0.4, -0.2) is 62.2 Å². The van der Waals surface area contributed by atoms with Crippen molar-refractivity contribution in [3.63, 3.8) is 0 Å². The van der Waals surface area contributed by atoms with Crippen molar-refractivity contribution in [3.8, 4) is 6.07 Å². The summed E-state index contributed by atoms with van der Waals surface area (Å²) >= 11 is 0. The molecule has 0 bridgehead atoms. The third-order valence-electron chi connectivity index (χ3n) is 6.50. The minimum absolute atomic E-state index is 0.0280. The minimum atomic E-state index is -3.68. The Kier molecular flexibility index (Phi) is 5.32. The zero-order valence-electron chi connectivity index (χ0n) is 16.8. The molecule has 3 fully saturated rings. The molecular formula is C21H25N3O5S. The minimum Gasteiger partial charge on any atom is -0.378 e. The molecule has 1 aliphatic heterocycles. The molecule has 1 aromatic rings. The summed E-state index contributed by atoms with van der Waals surface area (Å²) in [5.41, 5.74) is -0.862. The number of carbonyl (C=O) groups is 2. The number of sulfone groups is 1. The molecule has 1 saturated heterocycles. The first-order valence-corrected chi connectivity index (χ1v) is 11.7. The summed E-state index contributed by atoms with van der Waals surface area (Å²) in [5.74, 6) is -2.10.